The molecular formula is C18H20N2O2S. The summed E-state index contributed by atoms with van der Waals surface area (Å²) in [5.41, 5.74) is 0.819. The summed E-state index contributed by atoms with van der Waals surface area (Å²) in [5, 5.41) is 5.07. The summed E-state index contributed by atoms with van der Waals surface area (Å²) in [6.07, 6.45) is 2.19. The minimum absolute atomic E-state index is 0.0689. The van der Waals surface area contributed by atoms with Crippen molar-refractivity contribution < 1.29 is 9.59 Å². The number of hydrogen-bond donors (Lipinski definition) is 1. The Labute approximate surface area is 140 Å². The van der Waals surface area contributed by atoms with Gasteiger partial charge in [0.05, 0.1) is 11.5 Å². The smallest absolute Gasteiger partial charge is 0.234 e. The molecule has 2 amide bonds. The highest BCUT2D eigenvalue weighted by atomic mass is 32.2. The number of hydrogen-bond acceptors (Lipinski definition) is 3. The van der Waals surface area contributed by atoms with E-state index in [2.05, 4.69) is 5.32 Å². The van der Waals surface area contributed by atoms with Gasteiger partial charge in [0.25, 0.3) is 0 Å². The Balaban J connectivity index is 1.51. The van der Waals surface area contributed by atoms with E-state index >= 15 is 0 Å². The van der Waals surface area contributed by atoms with Gasteiger partial charge in [-0.05, 0) is 24.3 Å². The van der Waals surface area contributed by atoms with Crippen molar-refractivity contribution in [2.75, 3.05) is 29.9 Å². The molecule has 1 heterocycles. The molecule has 3 rings (SSSR count). The molecule has 0 radical (unpaired) electrons. The third kappa shape index (κ3) is 4.05. The molecule has 2 aromatic carbocycles. The normalized spacial score (nSPS) is 14.2. The molecule has 23 heavy (non-hydrogen) atoms. The standard InChI is InChI=1S/C18H20N2O2S/c21-17(12-23-13-18(22)20-10-3-4-11-20)19-16-9-5-7-14-6-1-2-8-15(14)16/h1-2,5-9H,3-4,10-13H2,(H,19,21). The van der Waals surface area contributed by atoms with Gasteiger partial charge in [-0.25, -0.2) is 0 Å². The van der Waals surface area contributed by atoms with Crippen LogP contribution in [0.25, 0.3) is 10.8 Å². The molecule has 1 N–H and O–H groups in total. The van der Waals surface area contributed by atoms with Gasteiger partial charge in [0.2, 0.25) is 11.8 Å². The van der Waals surface area contributed by atoms with Crippen molar-refractivity contribution in [2.45, 2.75) is 12.8 Å². The maximum absolute atomic E-state index is 12.1. The molecule has 1 saturated heterocycles. The van der Waals surface area contributed by atoms with Gasteiger partial charge >= 0.3 is 0 Å². The van der Waals surface area contributed by atoms with Gasteiger partial charge in [-0.15, -0.1) is 11.8 Å². The molecule has 0 saturated carbocycles. The van der Waals surface area contributed by atoms with Crippen molar-refractivity contribution in [3.8, 4) is 0 Å². The molecule has 0 unspecified atom stereocenters. The van der Waals surface area contributed by atoms with Crippen LogP contribution >= 0.6 is 11.8 Å². The molecule has 120 valence electrons. The Morgan fingerprint density at radius 3 is 2.57 bits per heavy atom. The number of nitrogens with zero attached hydrogens (tertiary/aromatic N) is 1. The van der Waals surface area contributed by atoms with Crippen LogP contribution in [0, 0.1) is 0 Å². The number of carbonyl (C=O) groups is 2. The fourth-order valence-corrected chi connectivity index (χ4v) is 3.53. The van der Waals surface area contributed by atoms with E-state index in [4.69, 9.17) is 0 Å². The predicted octanol–water partition coefficient (Wildman–Crippen LogP) is 3.13. The Hall–Kier alpha value is -2.01. The average molecular weight is 328 g/mol. The quantitative estimate of drug-likeness (QED) is 0.917. The highest BCUT2D eigenvalue weighted by Gasteiger charge is 2.17. The molecule has 0 bridgehead atoms. The molecule has 0 aliphatic carbocycles. The van der Waals surface area contributed by atoms with Crippen molar-refractivity contribution >= 4 is 40.0 Å². The molecule has 1 fully saturated rings. The van der Waals surface area contributed by atoms with Gasteiger partial charge in [0.15, 0.2) is 0 Å². The second-order valence-corrected chi connectivity index (χ2v) is 6.64. The second kappa shape index (κ2) is 7.51. The summed E-state index contributed by atoms with van der Waals surface area (Å²) in [6.45, 7) is 1.73. The van der Waals surface area contributed by atoms with E-state index < -0.39 is 0 Å². The van der Waals surface area contributed by atoms with E-state index in [1.54, 1.807) is 0 Å². The minimum atomic E-state index is -0.0689. The first-order valence-corrected chi connectivity index (χ1v) is 9.02. The SMILES string of the molecule is O=C(CSCC(=O)N1CCCC1)Nc1cccc2ccccc12. The van der Waals surface area contributed by atoms with Crippen LogP contribution in [0.4, 0.5) is 5.69 Å². The van der Waals surface area contributed by atoms with Crippen LogP contribution in [0.5, 0.6) is 0 Å². The Kier molecular flexibility index (Phi) is 5.18. The zero-order chi connectivity index (χ0) is 16.1. The van der Waals surface area contributed by atoms with Gasteiger partial charge in [-0.3, -0.25) is 9.59 Å². The number of likely N-dealkylation sites (tertiary alicyclic amines) is 1. The van der Waals surface area contributed by atoms with E-state index in [0.717, 1.165) is 42.4 Å². The number of benzene rings is 2. The van der Waals surface area contributed by atoms with E-state index in [9.17, 15) is 9.59 Å². The lowest BCUT2D eigenvalue weighted by molar-refractivity contribution is -0.127. The highest BCUT2D eigenvalue weighted by Crippen LogP contribution is 2.23. The summed E-state index contributed by atoms with van der Waals surface area (Å²) >= 11 is 1.38. The van der Waals surface area contributed by atoms with Crippen LogP contribution in [0.15, 0.2) is 42.5 Å². The third-order valence-corrected chi connectivity index (χ3v) is 4.90. The van der Waals surface area contributed by atoms with Crippen LogP contribution in [0.1, 0.15) is 12.8 Å². The van der Waals surface area contributed by atoms with Crippen molar-refractivity contribution in [3.63, 3.8) is 0 Å². The van der Waals surface area contributed by atoms with Gasteiger partial charge < -0.3 is 10.2 Å². The minimum Gasteiger partial charge on any atom is -0.342 e. The van der Waals surface area contributed by atoms with E-state index in [1.165, 1.54) is 11.8 Å². The van der Waals surface area contributed by atoms with Crippen LogP contribution in [0.3, 0.4) is 0 Å². The summed E-state index contributed by atoms with van der Waals surface area (Å²) in [7, 11) is 0. The molecule has 0 atom stereocenters. The molecule has 2 aromatic rings. The zero-order valence-corrected chi connectivity index (χ0v) is 13.8. The Bertz CT molecular complexity index is 706. The molecule has 5 heteroatoms. The van der Waals surface area contributed by atoms with E-state index in [1.807, 2.05) is 47.4 Å². The Morgan fingerprint density at radius 2 is 1.74 bits per heavy atom. The van der Waals surface area contributed by atoms with E-state index in [0.29, 0.717) is 11.5 Å². The number of amides is 2. The monoisotopic (exact) mass is 328 g/mol. The van der Waals surface area contributed by atoms with Crippen LogP contribution in [-0.4, -0.2) is 41.3 Å². The maximum Gasteiger partial charge on any atom is 0.234 e. The number of fused-ring (bicyclic) bond motifs is 1. The van der Waals surface area contributed by atoms with Crippen molar-refractivity contribution in [2.24, 2.45) is 0 Å². The van der Waals surface area contributed by atoms with Gasteiger partial charge in [-0.2, -0.15) is 0 Å². The number of carbonyl (C=O) groups excluding carboxylic acids is 2. The topological polar surface area (TPSA) is 49.4 Å². The third-order valence-electron chi connectivity index (χ3n) is 3.98. The first-order chi connectivity index (χ1) is 11.2. The number of thioether (sulfide) groups is 1. The van der Waals surface area contributed by atoms with Crippen LogP contribution in [0.2, 0.25) is 0 Å². The summed E-state index contributed by atoms with van der Waals surface area (Å²) in [6, 6.07) is 13.8. The summed E-state index contributed by atoms with van der Waals surface area (Å²) < 4.78 is 0. The maximum atomic E-state index is 12.1. The molecule has 1 aliphatic heterocycles. The van der Waals surface area contributed by atoms with Gasteiger partial charge in [0, 0.05) is 24.2 Å². The van der Waals surface area contributed by atoms with Crippen LogP contribution in [-0.2, 0) is 9.59 Å². The molecular weight excluding hydrogens is 308 g/mol. The summed E-state index contributed by atoms with van der Waals surface area (Å²) in [4.78, 5) is 25.9. The Morgan fingerprint density at radius 1 is 1.00 bits per heavy atom. The lowest BCUT2D eigenvalue weighted by atomic mass is 10.1. The van der Waals surface area contributed by atoms with Crippen molar-refractivity contribution in [1.82, 2.24) is 4.90 Å². The number of anilines is 1. The second-order valence-electron chi connectivity index (χ2n) is 5.66. The van der Waals surface area contributed by atoms with Crippen molar-refractivity contribution in [3.05, 3.63) is 42.5 Å². The first-order valence-electron chi connectivity index (χ1n) is 7.87. The molecule has 0 aromatic heterocycles. The first kappa shape index (κ1) is 15.9. The number of nitrogens with one attached hydrogen (secondary N) is 1. The predicted molar refractivity (Wildman–Crippen MR) is 95.7 cm³/mol. The average Bonchev–Trinajstić information content (AvgIpc) is 3.10. The van der Waals surface area contributed by atoms with Crippen LogP contribution < -0.4 is 5.32 Å². The molecule has 0 spiro atoms. The van der Waals surface area contributed by atoms with Gasteiger partial charge in [0.1, 0.15) is 0 Å². The van der Waals surface area contributed by atoms with Crippen molar-refractivity contribution in [1.29, 1.82) is 0 Å². The summed E-state index contributed by atoms with van der Waals surface area (Å²) in [5.74, 6) is 0.747. The fourth-order valence-electron chi connectivity index (χ4n) is 2.81. The number of rotatable bonds is 5. The van der Waals surface area contributed by atoms with Gasteiger partial charge in [-0.1, -0.05) is 36.4 Å². The van der Waals surface area contributed by atoms with E-state index in [-0.39, 0.29) is 11.8 Å². The largest absolute Gasteiger partial charge is 0.342 e. The highest BCUT2D eigenvalue weighted by molar-refractivity contribution is 8.00. The molecule has 4 nitrogen and oxygen atoms in total. The lowest BCUT2D eigenvalue weighted by Crippen LogP contribution is -2.29. The molecule has 1 aliphatic rings. The lowest BCUT2D eigenvalue weighted by Gasteiger charge is -2.14. The fraction of sp³-hybridized carbons (Fsp3) is 0.333. The zero-order valence-electron chi connectivity index (χ0n) is 13.0.